The number of amides is 1. The summed E-state index contributed by atoms with van der Waals surface area (Å²) in [6.45, 7) is 4.59. The van der Waals surface area contributed by atoms with Crippen molar-refractivity contribution in [2.45, 2.75) is 25.8 Å². The number of hydrogen-bond donors (Lipinski definition) is 2. The number of rotatable bonds is 5. The summed E-state index contributed by atoms with van der Waals surface area (Å²) in [5.74, 6) is 0.187. The molecule has 1 heterocycles. The Bertz CT molecular complexity index is 452. The smallest absolute Gasteiger partial charge is 0.226 e. The van der Waals surface area contributed by atoms with Gasteiger partial charge in [-0.15, -0.1) is 0 Å². The van der Waals surface area contributed by atoms with Gasteiger partial charge in [0.05, 0.1) is 6.04 Å². The molecule has 1 aromatic carbocycles. The first kappa shape index (κ1) is 16.0. The second kappa shape index (κ2) is 7.05. The predicted octanol–water partition coefficient (Wildman–Crippen LogP) is 1.80. The average Bonchev–Trinajstić information content (AvgIpc) is 2.48. The Hall–Kier alpha value is -1.39. The predicted molar refractivity (Wildman–Crippen MR) is 86.1 cm³/mol. The van der Waals surface area contributed by atoms with Gasteiger partial charge in [-0.3, -0.25) is 4.79 Å². The minimum Gasteiger partial charge on any atom is -0.354 e. The van der Waals surface area contributed by atoms with Crippen LogP contribution in [-0.2, 0) is 4.79 Å². The molecule has 0 aromatic heterocycles. The van der Waals surface area contributed by atoms with Gasteiger partial charge in [0.1, 0.15) is 0 Å². The molecule has 1 atom stereocenters. The SMILES string of the molecule is CN(C)C(CNC(=O)C1(C)CCNCC1)c1ccccc1. The van der Waals surface area contributed by atoms with Crippen LogP contribution in [0.2, 0.25) is 0 Å². The maximum Gasteiger partial charge on any atom is 0.226 e. The lowest BCUT2D eigenvalue weighted by Crippen LogP contribution is -2.47. The number of hydrogen-bond acceptors (Lipinski definition) is 3. The summed E-state index contributed by atoms with van der Waals surface area (Å²) in [7, 11) is 4.10. The average molecular weight is 289 g/mol. The topological polar surface area (TPSA) is 44.4 Å². The van der Waals surface area contributed by atoms with Crippen LogP contribution in [0.4, 0.5) is 0 Å². The fourth-order valence-corrected chi connectivity index (χ4v) is 2.88. The van der Waals surface area contributed by atoms with Gasteiger partial charge in [-0.05, 0) is 45.6 Å². The third kappa shape index (κ3) is 4.05. The lowest BCUT2D eigenvalue weighted by atomic mass is 9.80. The maximum atomic E-state index is 12.5. The Morgan fingerprint density at radius 3 is 2.48 bits per heavy atom. The standard InChI is InChI=1S/C17H27N3O/c1-17(9-11-18-12-10-17)16(21)19-13-15(20(2)3)14-7-5-4-6-8-14/h4-8,15,18H,9-13H2,1-3H3,(H,19,21). The molecule has 2 N–H and O–H groups in total. The summed E-state index contributed by atoms with van der Waals surface area (Å²) in [6, 6.07) is 10.5. The molecule has 4 heteroatoms. The molecule has 1 aromatic rings. The summed E-state index contributed by atoms with van der Waals surface area (Å²) < 4.78 is 0. The lowest BCUT2D eigenvalue weighted by Gasteiger charge is -2.34. The van der Waals surface area contributed by atoms with Crippen LogP contribution in [0.25, 0.3) is 0 Å². The molecule has 0 aliphatic carbocycles. The summed E-state index contributed by atoms with van der Waals surface area (Å²) in [6.07, 6.45) is 1.83. The van der Waals surface area contributed by atoms with Crippen molar-refractivity contribution in [3.05, 3.63) is 35.9 Å². The van der Waals surface area contributed by atoms with E-state index in [0.717, 1.165) is 25.9 Å². The van der Waals surface area contributed by atoms with Crippen molar-refractivity contribution in [1.82, 2.24) is 15.5 Å². The lowest BCUT2D eigenvalue weighted by molar-refractivity contribution is -0.131. The highest BCUT2D eigenvalue weighted by atomic mass is 16.2. The normalized spacial score (nSPS) is 19.2. The van der Waals surface area contributed by atoms with Crippen LogP contribution in [0.3, 0.4) is 0 Å². The molecule has 0 radical (unpaired) electrons. The first-order valence-corrected chi connectivity index (χ1v) is 7.73. The van der Waals surface area contributed by atoms with Crippen LogP contribution in [0.15, 0.2) is 30.3 Å². The Morgan fingerprint density at radius 2 is 1.90 bits per heavy atom. The molecule has 1 fully saturated rings. The fraction of sp³-hybridized carbons (Fsp3) is 0.588. The second-order valence-corrected chi connectivity index (χ2v) is 6.41. The van der Waals surface area contributed by atoms with Gasteiger partial charge in [-0.2, -0.15) is 0 Å². The van der Waals surface area contributed by atoms with E-state index in [-0.39, 0.29) is 17.4 Å². The number of likely N-dealkylation sites (N-methyl/N-ethyl adjacent to an activating group) is 1. The summed E-state index contributed by atoms with van der Waals surface area (Å²) in [5, 5.41) is 6.48. The van der Waals surface area contributed by atoms with Crippen molar-refractivity contribution < 1.29 is 4.79 Å². The first-order valence-electron chi connectivity index (χ1n) is 7.73. The summed E-state index contributed by atoms with van der Waals surface area (Å²) >= 11 is 0. The molecule has 1 unspecified atom stereocenters. The van der Waals surface area contributed by atoms with Crippen molar-refractivity contribution in [3.8, 4) is 0 Å². The van der Waals surface area contributed by atoms with E-state index in [4.69, 9.17) is 0 Å². The van der Waals surface area contributed by atoms with Gasteiger partial charge in [0.2, 0.25) is 5.91 Å². The van der Waals surface area contributed by atoms with Gasteiger partial charge in [-0.25, -0.2) is 0 Å². The Morgan fingerprint density at radius 1 is 1.29 bits per heavy atom. The van der Waals surface area contributed by atoms with Crippen LogP contribution >= 0.6 is 0 Å². The summed E-state index contributed by atoms with van der Waals surface area (Å²) in [4.78, 5) is 14.7. The quantitative estimate of drug-likeness (QED) is 0.869. The van der Waals surface area contributed by atoms with Gasteiger partial charge in [0, 0.05) is 12.0 Å². The molecule has 1 amide bonds. The highest BCUT2D eigenvalue weighted by Gasteiger charge is 2.34. The van der Waals surface area contributed by atoms with E-state index in [0.29, 0.717) is 6.54 Å². The number of carbonyl (C=O) groups excluding carboxylic acids is 1. The van der Waals surface area contributed by atoms with Crippen molar-refractivity contribution in [2.75, 3.05) is 33.7 Å². The van der Waals surface area contributed by atoms with E-state index in [1.165, 1.54) is 5.56 Å². The van der Waals surface area contributed by atoms with Crippen LogP contribution in [-0.4, -0.2) is 44.5 Å². The highest BCUT2D eigenvalue weighted by molar-refractivity contribution is 5.82. The number of benzene rings is 1. The minimum absolute atomic E-state index is 0.187. The molecular weight excluding hydrogens is 262 g/mol. The minimum atomic E-state index is -0.223. The van der Waals surface area contributed by atoms with Crippen LogP contribution in [0.5, 0.6) is 0 Å². The maximum absolute atomic E-state index is 12.5. The van der Waals surface area contributed by atoms with E-state index in [1.54, 1.807) is 0 Å². The Labute approximate surface area is 127 Å². The molecule has 0 spiro atoms. The second-order valence-electron chi connectivity index (χ2n) is 6.41. The van der Waals surface area contributed by atoms with Crippen molar-refractivity contribution >= 4 is 5.91 Å². The molecule has 2 rings (SSSR count). The fourth-order valence-electron chi connectivity index (χ4n) is 2.88. The van der Waals surface area contributed by atoms with Gasteiger partial charge in [0.15, 0.2) is 0 Å². The van der Waals surface area contributed by atoms with E-state index >= 15 is 0 Å². The van der Waals surface area contributed by atoms with E-state index in [2.05, 4.69) is 48.7 Å². The molecule has 4 nitrogen and oxygen atoms in total. The Kier molecular flexibility index (Phi) is 5.37. The summed E-state index contributed by atoms with van der Waals surface area (Å²) in [5.41, 5.74) is 1.01. The number of piperidine rings is 1. The van der Waals surface area contributed by atoms with Gasteiger partial charge >= 0.3 is 0 Å². The van der Waals surface area contributed by atoms with Gasteiger partial charge in [0.25, 0.3) is 0 Å². The Balaban J connectivity index is 1.97. The van der Waals surface area contributed by atoms with E-state index < -0.39 is 0 Å². The zero-order valence-corrected chi connectivity index (χ0v) is 13.4. The molecule has 1 saturated heterocycles. The highest BCUT2D eigenvalue weighted by Crippen LogP contribution is 2.28. The molecule has 1 aliphatic rings. The van der Waals surface area contributed by atoms with Crippen LogP contribution < -0.4 is 10.6 Å². The van der Waals surface area contributed by atoms with Crippen LogP contribution in [0.1, 0.15) is 31.4 Å². The number of nitrogens with zero attached hydrogens (tertiary/aromatic N) is 1. The molecular formula is C17H27N3O. The zero-order valence-electron chi connectivity index (χ0n) is 13.4. The number of carbonyl (C=O) groups is 1. The van der Waals surface area contributed by atoms with E-state index in [1.807, 2.05) is 18.2 Å². The van der Waals surface area contributed by atoms with Gasteiger partial charge < -0.3 is 15.5 Å². The number of nitrogens with one attached hydrogen (secondary N) is 2. The monoisotopic (exact) mass is 289 g/mol. The van der Waals surface area contributed by atoms with Crippen LogP contribution in [0, 0.1) is 5.41 Å². The molecule has 21 heavy (non-hydrogen) atoms. The first-order chi connectivity index (χ1) is 10.0. The molecule has 0 saturated carbocycles. The largest absolute Gasteiger partial charge is 0.354 e. The van der Waals surface area contributed by atoms with E-state index in [9.17, 15) is 4.79 Å². The zero-order chi connectivity index (χ0) is 15.3. The van der Waals surface area contributed by atoms with Gasteiger partial charge in [-0.1, -0.05) is 37.3 Å². The third-order valence-electron chi connectivity index (χ3n) is 4.52. The molecule has 0 bridgehead atoms. The van der Waals surface area contributed by atoms with Crippen molar-refractivity contribution in [2.24, 2.45) is 5.41 Å². The third-order valence-corrected chi connectivity index (χ3v) is 4.52. The molecule has 1 aliphatic heterocycles. The van der Waals surface area contributed by atoms with Crippen molar-refractivity contribution in [1.29, 1.82) is 0 Å². The van der Waals surface area contributed by atoms with Crippen molar-refractivity contribution in [3.63, 3.8) is 0 Å². The molecule has 116 valence electrons.